The summed E-state index contributed by atoms with van der Waals surface area (Å²) in [6.45, 7) is 4.87. The Kier molecular flexibility index (Phi) is 5.70. The Labute approximate surface area is 278 Å². The molecule has 0 aliphatic carbocycles. The molecule has 0 radical (unpaired) electrons. The molecule has 0 bridgehead atoms. The quantitative estimate of drug-likeness (QED) is 0.182. The molecule has 1 aliphatic heterocycles. The number of fused-ring (bicyclic) bond motifs is 9. The molecule has 4 nitrogen and oxygen atoms in total. The molecule has 0 spiro atoms. The normalized spacial score (nSPS) is 13.4. The number of furan rings is 1. The molecule has 0 fully saturated rings. The van der Waals surface area contributed by atoms with Crippen molar-refractivity contribution < 1.29 is 4.42 Å². The predicted molar refractivity (Wildman–Crippen MR) is 201 cm³/mol. The molecule has 0 N–H and O–H groups in total. The van der Waals surface area contributed by atoms with Gasteiger partial charge in [0.15, 0.2) is 17.5 Å². The van der Waals surface area contributed by atoms with Crippen LogP contribution in [0.5, 0.6) is 0 Å². The van der Waals surface area contributed by atoms with E-state index in [1.807, 2.05) is 6.07 Å². The second-order valence-corrected chi connectivity index (χ2v) is 17.6. The highest BCUT2D eigenvalue weighted by molar-refractivity contribution is 7.04. The van der Waals surface area contributed by atoms with Crippen molar-refractivity contribution in [3.8, 4) is 45.3 Å². The predicted octanol–water partition coefficient (Wildman–Crippen LogP) is 9.88. The minimum Gasteiger partial charge on any atom is -0.455 e. The topological polar surface area (TPSA) is 51.8 Å². The average Bonchev–Trinajstić information content (AvgIpc) is 3.63. The van der Waals surface area contributed by atoms with Crippen molar-refractivity contribution in [1.82, 2.24) is 15.0 Å². The first-order valence-corrected chi connectivity index (χ1v) is 19.4. The maximum absolute atomic E-state index is 6.78. The van der Waals surface area contributed by atoms with Gasteiger partial charge in [0.2, 0.25) is 0 Å². The summed E-state index contributed by atoms with van der Waals surface area (Å²) in [5.74, 6) is 1.95. The highest BCUT2D eigenvalue weighted by atomic mass is 28.3. The van der Waals surface area contributed by atoms with Crippen LogP contribution in [0.25, 0.3) is 88.8 Å². The summed E-state index contributed by atoms with van der Waals surface area (Å²) in [6.07, 6.45) is 0. The second kappa shape index (κ2) is 10.0. The molecule has 0 amide bonds. The zero-order chi connectivity index (χ0) is 32.0. The van der Waals surface area contributed by atoms with Gasteiger partial charge in [-0.15, -0.1) is 0 Å². The number of para-hydroxylation sites is 1. The lowest BCUT2D eigenvalue weighted by molar-refractivity contribution is 0.670. The lowest BCUT2D eigenvalue weighted by Crippen LogP contribution is -2.49. The molecule has 2 aromatic heterocycles. The first kappa shape index (κ1) is 27.2. The molecule has 0 unspecified atom stereocenters. The number of hydrogen-bond donors (Lipinski definition) is 0. The van der Waals surface area contributed by atoms with E-state index in [1.165, 1.54) is 32.3 Å². The van der Waals surface area contributed by atoms with Crippen LogP contribution in [0.3, 0.4) is 0 Å². The molecule has 226 valence electrons. The van der Waals surface area contributed by atoms with Crippen LogP contribution in [0.2, 0.25) is 13.1 Å². The molecule has 10 rings (SSSR count). The van der Waals surface area contributed by atoms with Gasteiger partial charge in [0, 0.05) is 33.0 Å². The van der Waals surface area contributed by atoms with Crippen LogP contribution in [0.1, 0.15) is 0 Å². The first-order valence-electron chi connectivity index (χ1n) is 16.4. The standard InChI is InChI=1S/C43H29N3OSi/c1-48(2)36-18-10-8-16-33(36)39-37(48)25-34(38-32-15-7-9-17-35(32)47-40(38)39)43-45-41(30-21-19-26-11-3-5-13-28(26)23-30)44-42(46-43)31-22-20-27-12-4-6-14-29(27)24-31/h3-25H,1-2H3. The van der Waals surface area contributed by atoms with E-state index in [9.17, 15) is 0 Å². The minimum absolute atomic E-state index is 0.648. The maximum atomic E-state index is 6.78. The molecule has 7 aromatic carbocycles. The molecule has 0 saturated heterocycles. The Morgan fingerprint density at radius 2 is 1.04 bits per heavy atom. The monoisotopic (exact) mass is 631 g/mol. The zero-order valence-corrected chi connectivity index (χ0v) is 27.5. The van der Waals surface area contributed by atoms with Gasteiger partial charge in [0.05, 0.1) is 0 Å². The van der Waals surface area contributed by atoms with Crippen LogP contribution >= 0.6 is 0 Å². The number of hydrogen-bond acceptors (Lipinski definition) is 4. The van der Waals surface area contributed by atoms with Crippen molar-refractivity contribution in [1.29, 1.82) is 0 Å². The lowest BCUT2D eigenvalue weighted by Gasteiger charge is -2.19. The molecule has 3 heterocycles. The Balaban J connectivity index is 1.30. The van der Waals surface area contributed by atoms with Gasteiger partial charge >= 0.3 is 0 Å². The van der Waals surface area contributed by atoms with Crippen molar-refractivity contribution in [2.75, 3.05) is 0 Å². The van der Waals surface area contributed by atoms with E-state index >= 15 is 0 Å². The SMILES string of the molecule is C[Si]1(C)c2ccccc2-c2c1cc(-c1nc(-c3ccc4ccccc4c3)nc(-c3ccc4ccccc4c3)n1)c1c2oc2ccccc21. The maximum Gasteiger partial charge on any atom is 0.164 e. The van der Waals surface area contributed by atoms with Crippen molar-refractivity contribution in [3.05, 3.63) is 140 Å². The summed E-state index contributed by atoms with van der Waals surface area (Å²) in [4.78, 5) is 15.7. The molecule has 0 saturated carbocycles. The van der Waals surface area contributed by atoms with Gasteiger partial charge in [-0.2, -0.15) is 0 Å². The Hall–Kier alpha value is -5.91. The van der Waals surface area contributed by atoms with E-state index in [1.54, 1.807) is 0 Å². The van der Waals surface area contributed by atoms with E-state index in [4.69, 9.17) is 19.4 Å². The van der Waals surface area contributed by atoms with Crippen LogP contribution in [-0.4, -0.2) is 23.0 Å². The van der Waals surface area contributed by atoms with E-state index in [2.05, 4.69) is 147 Å². The van der Waals surface area contributed by atoms with Crippen LogP contribution in [0, 0.1) is 0 Å². The number of nitrogens with zero attached hydrogens (tertiary/aromatic N) is 3. The fourth-order valence-corrected chi connectivity index (χ4v) is 10.7. The van der Waals surface area contributed by atoms with Gasteiger partial charge in [-0.05, 0) is 61.7 Å². The van der Waals surface area contributed by atoms with E-state index in [-0.39, 0.29) is 0 Å². The third-order valence-electron chi connectivity index (χ3n) is 10.1. The van der Waals surface area contributed by atoms with Gasteiger partial charge in [0.1, 0.15) is 19.2 Å². The molecule has 48 heavy (non-hydrogen) atoms. The third-order valence-corrected chi connectivity index (χ3v) is 13.6. The summed E-state index contributed by atoms with van der Waals surface area (Å²) in [6, 6.07) is 49.2. The summed E-state index contributed by atoms with van der Waals surface area (Å²) in [5, 5.41) is 9.56. The molecule has 0 atom stereocenters. The highest BCUT2D eigenvalue weighted by Gasteiger charge is 2.40. The van der Waals surface area contributed by atoms with Gasteiger partial charge in [-0.25, -0.2) is 15.0 Å². The first-order chi connectivity index (χ1) is 23.5. The molecule has 1 aliphatic rings. The van der Waals surface area contributed by atoms with Crippen molar-refractivity contribution in [2.45, 2.75) is 13.1 Å². The molecular weight excluding hydrogens is 603 g/mol. The summed E-state index contributed by atoms with van der Waals surface area (Å²) < 4.78 is 6.78. The number of aromatic nitrogens is 3. The van der Waals surface area contributed by atoms with Gasteiger partial charge in [0.25, 0.3) is 0 Å². The fourth-order valence-electron chi connectivity index (χ4n) is 7.64. The van der Waals surface area contributed by atoms with E-state index in [0.717, 1.165) is 49.4 Å². The second-order valence-electron chi connectivity index (χ2n) is 13.2. The van der Waals surface area contributed by atoms with E-state index < -0.39 is 8.07 Å². The van der Waals surface area contributed by atoms with Crippen LogP contribution in [-0.2, 0) is 0 Å². The van der Waals surface area contributed by atoms with Crippen molar-refractivity contribution >= 4 is 61.9 Å². The smallest absolute Gasteiger partial charge is 0.164 e. The lowest BCUT2D eigenvalue weighted by atomic mass is 9.98. The highest BCUT2D eigenvalue weighted by Crippen LogP contribution is 2.43. The summed E-state index contributed by atoms with van der Waals surface area (Å²) in [5.41, 5.74) is 7.17. The molecular formula is C43H29N3OSi. The Morgan fingerprint density at radius 3 is 1.73 bits per heavy atom. The summed E-state index contributed by atoms with van der Waals surface area (Å²) in [7, 11) is -2.06. The average molecular weight is 632 g/mol. The van der Waals surface area contributed by atoms with Crippen LogP contribution in [0.15, 0.2) is 144 Å². The Morgan fingerprint density at radius 1 is 0.479 bits per heavy atom. The summed E-state index contributed by atoms with van der Waals surface area (Å²) >= 11 is 0. The van der Waals surface area contributed by atoms with Gasteiger partial charge < -0.3 is 4.42 Å². The van der Waals surface area contributed by atoms with E-state index in [0.29, 0.717) is 17.5 Å². The van der Waals surface area contributed by atoms with Crippen molar-refractivity contribution in [2.24, 2.45) is 0 Å². The molecule has 5 heteroatoms. The van der Waals surface area contributed by atoms with Crippen LogP contribution in [0.4, 0.5) is 0 Å². The van der Waals surface area contributed by atoms with Gasteiger partial charge in [-0.3, -0.25) is 0 Å². The Bertz CT molecular complexity index is 2680. The zero-order valence-electron chi connectivity index (χ0n) is 26.5. The number of benzene rings is 7. The number of rotatable bonds is 3. The fraction of sp³-hybridized carbons (Fsp3) is 0.0465. The third kappa shape index (κ3) is 3.98. The minimum atomic E-state index is -2.06. The van der Waals surface area contributed by atoms with Gasteiger partial charge in [-0.1, -0.05) is 128 Å². The molecule has 9 aromatic rings. The van der Waals surface area contributed by atoms with Crippen LogP contribution < -0.4 is 10.4 Å². The van der Waals surface area contributed by atoms with Crippen molar-refractivity contribution in [3.63, 3.8) is 0 Å². The largest absolute Gasteiger partial charge is 0.455 e.